The van der Waals surface area contributed by atoms with Crippen molar-refractivity contribution in [3.63, 3.8) is 0 Å². The molecule has 3 heteroatoms. The molecule has 107 valence electrons. The molecule has 1 heterocycles. The van der Waals surface area contributed by atoms with Gasteiger partial charge in [-0.3, -0.25) is 0 Å². The number of benzene rings is 2. The summed E-state index contributed by atoms with van der Waals surface area (Å²) in [5.74, 6) is 1.65. The molecule has 0 bridgehead atoms. The number of nitrogens with zero attached hydrogens (tertiary/aromatic N) is 1. The van der Waals surface area contributed by atoms with E-state index in [0.717, 1.165) is 41.2 Å². The fraction of sp³-hybridized carbons (Fsp3) is 0.278. The summed E-state index contributed by atoms with van der Waals surface area (Å²) in [4.78, 5) is 7.95. The molecular weight excluding hydrogens is 260 g/mol. The molecule has 21 heavy (non-hydrogen) atoms. The monoisotopic (exact) mass is 279 g/mol. The molecule has 0 atom stereocenters. The molecule has 1 N–H and O–H groups in total. The van der Waals surface area contributed by atoms with Gasteiger partial charge >= 0.3 is 0 Å². The van der Waals surface area contributed by atoms with Gasteiger partial charge in [-0.2, -0.15) is 0 Å². The van der Waals surface area contributed by atoms with Crippen molar-refractivity contribution in [2.24, 2.45) is 0 Å². The molecule has 0 amide bonds. The average molecular weight is 279 g/mol. The lowest BCUT2D eigenvalue weighted by atomic mass is 10.2. The zero-order valence-electron chi connectivity index (χ0n) is 12.2. The van der Waals surface area contributed by atoms with Gasteiger partial charge in [-0.1, -0.05) is 44.0 Å². The number of aromatic amines is 1. The standard InChI is InChI=1S/C18H19N2O/c1-2-3-8-13-21-17-12-7-4-9-14(17)18-19-15-10-5-6-11-16(15)20-18/h4-7,10-12H,2-3,8,13H2,1H3,(H,19,20). The number of H-pyrrole nitrogens is 1. The highest BCUT2D eigenvalue weighted by molar-refractivity contribution is 5.80. The molecule has 0 aliphatic carbocycles. The minimum atomic E-state index is 0.735. The minimum Gasteiger partial charge on any atom is -0.493 e. The maximum Gasteiger partial charge on any atom is 0.142 e. The summed E-state index contributed by atoms with van der Waals surface area (Å²) in [6.45, 7) is 2.93. The molecule has 0 saturated heterocycles. The van der Waals surface area contributed by atoms with Crippen molar-refractivity contribution in [1.29, 1.82) is 0 Å². The van der Waals surface area contributed by atoms with Crippen LogP contribution >= 0.6 is 0 Å². The first-order valence-corrected chi connectivity index (χ1v) is 7.47. The smallest absolute Gasteiger partial charge is 0.142 e. The first kappa shape index (κ1) is 13.7. The quantitative estimate of drug-likeness (QED) is 0.670. The molecule has 2 aromatic carbocycles. The highest BCUT2D eigenvalue weighted by Gasteiger charge is 2.10. The van der Waals surface area contributed by atoms with Crippen LogP contribution in [0.3, 0.4) is 0 Å². The van der Waals surface area contributed by atoms with E-state index >= 15 is 0 Å². The fourth-order valence-electron chi connectivity index (χ4n) is 2.33. The van der Waals surface area contributed by atoms with Crippen LogP contribution in [0.4, 0.5) is 0 Å². The van der Waals surface area contributed by atoms with Crippen LogP contribution < -0.4 is 4.74 Å². The zero-order valence-corrected chi connectivity index (χ0v) is 12.2. The first-order valence-electron chi connectivity index (χ1n) is 7.47. The molecule has 0 saturated carbocycles. The Kier molecular flexibility index (Phi) is 4.20. The Hall–Kier alpha value is -2.29. The molecule has 0 fully saturated rings. The van der Waals surface area contributed by atoms with E-state index in [1.807, 2.05) is 42.5 Å². The van der Waals surface area contributed by atoms with Crippen molar-refractivity contribution in [3.8, 4) is 17.1 Å². The van der Waals surface area contributed by atoms with Crippen molar-refractivity contribution in [1.82, 2.24) is 9.97 Å². The number of ether oxygens (including phenoxy) is 1. The third-order valence-electron chi connectivity index (χ3n) is 3.45. The Balaban J connectivity index is 1.87. The minimum absolute atomic E-state index is 0.735. The Morgan fingerprint density at radius 1 is 1.14 bits per heavy atom. The lowest BCUT2D eigenvalue weighted by Gasteiger charge is -2.09. The fourth-order valence-corrected chi connectivity index (χ4v) is 2.33. The van der Waals surface area contributed by atoms with Crippen LogP contribution in [0.15, 0.2) is 42.5 Å². The van der Waals surface area contributed by atoms with Gasteiger partial charge in [0.15, 0.2) is 0 Å². The number of imidazole rings is 1. The van der Waals surface area contributed by atoms with Crippen molar-refractivity contribution >= 4 is 11.0 Å². The van der Waals surface area contributed by atoms with E-state index in [4.69, 9.17) is 4.74 Å². The van der Waals surface area contributed by atoms with Gasteiger partial charge in [-0.15, -0.1) is 0 Å². The van der Waals surface area contributed by atoms with E-state index in [1.54, 1.807) is 0 Å². The topological polar surface area (TPSA) is 37.9 Å². The summed E-state index contributed by atoms with van der Waals surface area (Å²) in [5.41, 5.74) is 2.88. The average Bonchev–Trinajstić information content (AvgIpc) is 2.96. The molecule has 0 aliphatic heterocycles. The summed E-state index contributed by atoms with van der Waals surface area (Å²) in [6, 6.07) is 17.1. The number of hydrogen-bond acceptors (Lipinski definition) is 2. The number of unbranched alkanes of at least 4 members (excludes halogenated alkanes) is 2. The van der Waals surface area contributed by atoms with Crippen LogP contribution in [-0.2, 0) is 0 Å². The van der Waals surface area contributed by atoms with Crippen molar-refractivity contribution in [2.45, 2.75) is 26.2 Å². The molecule has 1 aromatic heterocycles. The van der Waals surface area contributed by atoms with Crippen LogP contribution in [0.2, 0.25) is 0 Å². The molecule has 1 radical (unpaired) electrons. The van der Waals surface area contributed by atoms with Gasteiger partial charge in [0.1, 0.15) is 11.6 Å². The number of aromatic nitrogens is 2. The Labute approximate surface area is 125 Å². The van der Waals surface area contributed by atoms with E-state index < -0.39 is 0 Å². The predicted molar refractivity (Wildman–Crippen MR) is 85.4 cm³/mol. The van der Waals surface area contributed by atoms with Gasteiger partial charge in [0.2, 0.25) is 0 Å². The number of fused-ring (bicyclic) bond motifs is 1. The summed E-state index contributed by atoms with van der Waals surface area (Å²) in [7, 11) is 0. The molecule has 3 nitrogen and oxygen atoms in total. The van der Waals surface area contributed by atoms with Gasteiger partial charge in [-0.25, -0.2) is 4.98 Å². The molecular formula is C18H19N2O. The largest absolute Gasteiger partial charge is 0.493 e. The van der Waals surface area contributed by atoms with Gasteiger partial charge < -0.3 is 9.72 Å². The predicted octanol–water partition coefficient (Wildman–Crippen LogP) is 4.60. The Morgan fingerprint density at radius 2 is 2.05 bits per heavy atom. The van der Waals surface area contributed by atoms with E-state index in [1.165, 1.54) is 12.8 Å². The number of para-hydroxylation sites is 2. The SMILES string of the molecule is CCCCCOc1ccc[c]c1-c1nc2ccccc2[nH]1. The van der Waals surface area contributed by atoms with E-state index in [-0.39, 0.29) is 0 Å². The highest BCUT2D eigenvalue weighted by Crippen LogP contribution is 2.28. The second kappa shape index (κ2) is 6.44. The second-order valence-corrected chi connectivity index (χ2v) is 5.07. The third kappa shape index (κ3) is 3.07. The first-order chi connectivity index (χ1) is 10.4. The van der Waals surface area contributed by atoms with E-state index in [0.29, 0.717) is 0 Å². The molecule has 3 rings (SSSR count). The highest BCUT2D eigenvalue weighted by atomic mass is 16.5. The molecule has 0 aliphatic rings. The van der Waals surface area contributed by atoms with Crippen LogP contribution in [0.1, 0.15) is 26.2 Å². The van der Waals surface area contributed by atoms with Gasteiger partial charge in [0.05, 0.1) is 23.2 Å². The van der Waals surface area contributed by atoms with Crippen LogP contribution in [-0.4, -0.2) is 16.6 Å². The molecule has 0 unspecified atom stereocenters. The van der Waals surface area contributed by atoms with Crippen LogP contribution in [0, 0.1) is 6.07 Å². The van der Waals surface area contributed by atoms with Crippen LogP contribution in [0.5, 0.6) is 5.75 Å². The normalized spacial score (nSPS) is 10.9. The summed E-state index contributed by atoms with van der Waals surface area (Å²) in [6.07, 6.45) is 3.46. The van der Waals surface area contributed by atoms with Crippen LogP contribution in [0.25, 0.3) is 22.4 Å². The molecule has 0 spiro atoms. The number of nitrogens with one attached hydrogen (secondary N) is 1. The van der Waals surface area contributed by atoms with E-state index in [9.17, 15) is 0 Å². The Bertz CT molecular complexity index is 685. The zero-order chi connectivity index (χ0) is 14.5. The van der Waals surface area contributed by atoms with E-state index in [2.05, 4.69) is 23.0 Å². The maximum absolute atomic E-state index is 5.90. The number of rotatable bonds is 6. The lowest BCUT2D eigenvalue weighted by Crippen LogP contribution is -1.99. The van der Waals surface area contributed by atoms with Crippen molar-refractivity contribution in [2.75, 3.05) is 6.61 Å². The summed E-state index contributed by atoms with van der Waals surface area (Å²) < 4.78 is 5.90. The maximum atomic E-state index is 5.90. The van der Waals surface area contributed by atoms with Gasteiger partial charge in [-0.05, 0) is 30.7 Å². The third-order valence-corrected chi connectivity index (χ3v) is 3.45. The lowest BCUT2D eigenvalue weighted by molar-refractivity contribution is 0.307. The summed E-state index contributed by atoms with van der Waals surface area (Å²) >= 11 is 0. The molecule has 3 aromatic rings. The second-order valence-electron chi connectivity index (χ2n) is 5.07. The van der Waals surface area contributed by atoms with Gasteiger partial charge in [0.25, 0.3) is 0 Å². The van der Waals surface area contributed by atoms with Crippen molar-refractivity contribution in [3.05, 3.63) is 48.5 Å². The van der Waals surface area contributed by atoms with Gasteiger partial charge in [0, 0.05) is 0 Å². The Morgan fingerprint density at radius 3 is 2.90 bits per heavy atom. The summed E-state index contributed by atoms with van der Waals surface area (Å²) in [5, 5.41) is 0. The number of hydrogen-bond donors (Lipinski definition) is 1. The van der Waals surface area contributed by atoms with Crippen molar-refractivity contribution < 1.29 is 4.74 Å².